The third kappa shape index (κ3) is 4.51. The van der Waals surface area contributed by atoms with Crippen LogP contribution in [0.1, 0.15) is 5.56 Å². The van der Waals surface area contributed by atoms with Crippen molar-refractivity contribution < 1.29 is 23.5 Å². The fourth-order valence-corrected chi connectivity index (χ4v) is 3.85. The number of thioether (sulfide) groups is 1. The zero-order chi connectivity index (χ0) is 22.0. The van der Waals surface area contributed by atoms with Gasteiger partial charge in [-0.1, -0.05) is 12.1 Å². The van der Waals surface area contributed by atoms with Crippen LogP contribution in [-0.2, 0) is 9.59 Å². The molecule has 1 N–H and O–H groups in total. The summed E-state index contributed by atoms with van der Waals surface area (Å²) in [6.07, 6.45) is 1.59. The molecule has 1 aromatic heterocycles. The summed E-state index contributed by atoms with van der Waals surface area (Å²) in [5.74, 6) is -0.433. The van der Waals surface area contributed by atoms with Gasteiger partial charge in [-0.15, -0.1) is 0 Å². The first-order valence-electron chi connectivity index (χ1n) is 9.16. The fraction of sp³-hybridized carbons (Fsp3) is 0.0909. The number of fused-ring (bicyclic) bond motifs is 1. The van der Waals surface area contributed by atoms with Gasteiger partial charge in [-0.25, -0.2) is 4.79 Å². The summed E-state index contributed by atoms with van der Waals surface area (Å²) in [5.41, 5.74) is 1.08. The summed E-state index contributed by atoms with van der Waals surface area (Å²) in [6.45, 7) is -0.415. The van der Waals surface area contributed by atoms with Crippen molar-refractivity contribution in [3.05, 3.63) is 75.5 Å². The molecule has 3 amide bonds. The van der Waals surface area contributed by atoms with Crippen LogP contribution in [0.25, 0.3) is 17.0 Å². The van der Waals surface area contributed by atoms with E-state index in [1.165, 1.54) is 13.2 Å². The van der Waals surface area contributed by atoms with E-state index < -0.39 is 29.2 Å². The Morgan fingerprint density at radius 1 is 1.13 bits per heavy atom. The monoisotopic (exact) mass is 436 g/mol. The van der Waals surface area contributed by atoms with Crippen molar-refractivity contribution in [3.8, 4) is 5.75 Å². The van der Waals surface area contributed by atoms with Crippen LogP contribution in [0, 0.1) is 0 Å². The number of rotatable bonds is 5. The van der Waals surface area contributed by atoms with Crippen LogP contribution >= 0.6 is 11.8 Å². The molecule has 8 nitrogen and oxygen atoms in total. The van der Waals surface area contributed by atoms with E-state index in [4.69, 9.17) is 9.15 Å². The topological polar surface area (TPSA) is 106 Å². The van der Waals surface area contributed by atoms with Crippen LogP contribution in [-0.4, -0.2) is 35.6 Å². The predicted octanol–water partition coefficient (Wildman–Crippen LogP) is 3.48. The minimum atomic E-state index is -0.534. The van der Waals surface area contributed by atoms with E-state index in [9.17, 15) is 19.2 Å². The van der Waals surface area contributed by atoms with Crippen LogP contribution in [0.2, 0.25) is 0 Å². The number of ether oxygens (including phenoxy) is 1. The quantitative estimate of drug-likeness (QED) is 0.482. The molecule has 0 saturated carbocycles. The molecule has 4 rings (SSSR count). The SMILES string of the molecule is COc1cccc(C=C2SC(=O)N(CC(=O)Nc3ccc4oc(=O)ccc4c3)C2=O)c1. The standard InChI is InChI=1S/C22H16N2O6S/c1-29-16-4-2-3-13(9-16)10-18-21(27)24(22(28)31-18)12-19(25)23-15-6-7-17-14(11-15)5-8-20(26)30-17/h2-11H,12H2,1H3,(H,23,25). The molecule has 0 aliphatic carbocycles. The van der Waals surface area contributed by atoms with E-state index in [-0.39, 0.29) is 4.91 Å². The second-order valence-corrected chi connectivity index (χ2v) is 7.59. The highest BCUT2D eigenvalue weighted by atomic mass is 32.2. The molecule has 31 heavy (non-hydrogen) atoms. The van der Waals surface area contributed by atoms with Crippen LogP contribution in [0.4, 0.5) is 10.5 Å². The number of imide groups is 1. The first kappa shape index (κ1) is 20.4. The molecule has 0 radical (unpaired) electrons. The Morgan fingerprint density at radius 2 is 1.97 bits per heavy atom. The van der Waals surface area contributed by atoms with E-state index in [0.717, 1.165) is 16.7 Å². The lowest BCUT2D eigenvalue weighted by atomic mass is 10.2. The molecule has 2 aromatic carbocycles. The molecule has 3 aromatic rings. The number of amides is 3. The Hall–Kier alpha value is -3.85. The van der Waals surface area contributed by atoms with E-state index >= 15 is 0 Å². The van der Waals surface area contributed by atoms with Gasteiger partial charge in [0.15, 0.2) is 0 Å². The average Bonchev–Trinajstić information content (AvgIpc) is 3.01. The number of nitrogens with one attached hydrogen (secondary N) is 1. The van der Waals surface area contributed by atoms with Crippen molar-refractivity contribution in [1.82, 2.24) is 4.90 Å². The van der Waals surface area contributed by atoms with E-state index in [1.807, 2.05) is 0 Å². The number of benzene rings is 2. The Kier molecular flexibility index (Phi) is 5.59. The molecule has 9 heteroatoms. The predicted molar refractivity (Wildman–Crippen MR) is 117 cm³/mol. The van der Waals surface area contributed by atoms with E-state index in [1.54, 1.807) is 54.6 Å². The van der Waals surface area contributed by atoms with Crippen LogP contribution in [0.15, 0.2) is 68.7 Å². The minimum absolute atomic E-state index is 0.229. The summed E-state index contributed by atoms with van der Waals surface area (Å²) in [6, 6.07) is 14.7. The molecular weight excluding hydrogens is 420 g/mol. The van der Waals surface area contributed by atoms with Gasteiger partial charge >= 0.3 is 5.63 Å². The molecule has 1 aliphatic rings. The molecule has 0 spiro atoms. The van der Waals surface area contributed by atoms with Crippen molar-refractivity contribution >= 4 is 51.5 Å². The molecule has 156 valence electrons. The number of hydrogen-bond acceptors (Lipinski definition) is 7. The maximum atomic E-state index is 12.6. The number of anilines is 1. The molecule has 1 aliphatic heterocycles. The zero-order valence-corrected chi connectivity index (χ0v) is 17.1. The average molecular weight is 436 g/mol. The molecule has 0 unspecified atom stereocenters. The molecule has 0 atom stereocenters. The van der Waals surface area contributed by atoms with Crippen molar-refractivity contribution in [2.24, 2.45) is 0 Å². The molecule has 0 bridgehead atoms. The highest BCUT2D eigenvalue weighted by Crippen LogP contribution is 2.32. The van der Waals surface area contributed by atoms with Gasteiger partial charge in [-0.2, -0.15) is 0 Å². The highest BCUT2D eigenvalue weighted by molar-refractivity contribution is 8.18. The largest absolute Gasteiger partial charge is 0.497 e. The van der Waals surface area contributed by atoms with Crippen LogP contribution in [0.5, 0.6) is 5.75 Å². The zero-order valence-electron chi connectivity index (χ0n) is 16.3. The van der Waals surface area contributed by atoms with Crippen molar-refractivity contribution in [1.29, 1.82) is 0 Å². The minimum Gasteiger partial charge on any atom is -0.497 e. The van der Waals surface area contributed by atoms with Gasteiger partial charge in [-0.3, -0.25) is 19.3 Å². The summed E-state index contributed by atoms with van der Waals surface area (Å²) in [5, 5.41) is 2.76. The highest BCUT2D eigenvalue weighted by Gasteiger charge is 2.36. The second kappa shape index (κ2) is 8.49. The lowest BCUT2D eigenvalue weighted by molar-refractivity contribution is -0.127. The van der Waals surface area contributed by atoms with Crippen molar-refractivity contribution in [2.75, 3.05) is 19.0 Å². The Morgan fingerprint density at radius 3 is 2.77 bits per heavy atom. The van der Waals surface area contributed by atoms with Gasteiger partial charge < -0.3 is 14.5 Å². The number of carbonyl (C=O) groups excluding carboxylic acids is 3. The third-order valence-corrected chi connectivity index (χ3v) is 5.38. The Bertz CT molecular complexity index is 1300. The molecule has 2 heterocycles. The van der Waals surface area contributed by atoms with E-state index in [0.29, 0.717) is 28.0 Å². The van der Waals surface area contributed by atoms with Crippen LogP contribution < -0.4 is 15.7 Å². The molecular formula is C22H16N2O6S. The van der Waals surface area contributed by atoms with Gasteiger partial charge in [0.1, 0.15) is 17.9 Å². The molecule has 1 saturated heterocycles. The van der Waals surface area contributed by atoms with Gasteiger partial charge in [-0.05, 0) is 59.8 Å². The maximum Gasteiger partial charge on any atom is 0.336 e. The summed E-state index contributed by atoms with van der Waals surface area (Å²) < 4.78 is 10.2. The Labute approximate surface area is 180 Å². The summed E-state index contributed by atoms with van der Waals surface area (Å²) >= 11 is 0.777. The summed E-state index contributed by atoms with van der Waals surface area (Å²) in [4.78, 5) is 49.7. The van der Waals surface area contributed by atoms with Gasteiger partial charge in [0.05, 0.1) is 12.0 Å². The fourth-order valence-electron chi connectivity index (χ4n) is 3.01. The lowest BCUT2D eigenvalue weighted by Crippen LogP contribution is -2.36. The number of hydrogen-bond donors (Lipinski definition) is 1. The summed E-state index contributed by atoms with van der Waals surface area (Å²) in [7, 11) is 1.54. The van der Waals surface area contributed by atoms with Crippen molar-refractivity contribution in [2.45, 2.75) is 0 Å². The third-order valence-electron chi connectivity index (χ3n) is 4.47. The van der Waals surface area contributed by atoms with E-state index in [2.05, 4.69) is 5.32 Å². The normalized spacial score (nSPS) is 15.0. The van der Waals surface area contributed by atoms with Gasteiger partial charge in [0.2, 0.25) is 5.91 Å². The number of nitrogens with zero attached hydrogens (tertiary/aromatic N) is 1. The maximum absolute atomic E-state index is 12.6. The molecule has 1 fully saturated rings. The Balaban J connectivity index is 1.46. The van der Waals surface area contributed by atoms with Gasteiger partial charge in [0.25, 0.3) is 11.1 Å². The number of methoxy groups -OCH3 is 1. The second-order valence-electron chi connectivity index (χ2n) is 6.60. The smallest absolute Gasteiger partial charge is 0.336 e. The number of carbonyl (C=O) groups is 3. The first-order valence-corrected chi connectivity index (χ1v) is 9.98. The lowest BCUT2D eigenvalue weighted by Gasteiger charge is -2.12. The van der Waals surface area contributed by atoms with Crippen molar-refractivity contribution in [3.63, 3.8) is 0 Å². The van der Waals surface area contributed by atoms with Crippen LogP contribution in [0.3, 0.4) is 0 Å². The first-order chi connectivity index (χ1) is 14.9. The van der Waals surface area contributed by atoms with Gasteiger partial charge in [0, 0.05) is 17.1 Å².